The predicted molar refractivity (Wildman–Crippen MR) is 47.2 cm³/mol. The van der Waals surface area contributed by atoms with Crippen LogP contribution < -0.4 is 0 Å². The van der Waals surface area contributed by atoms with Crippen molar-refractivity contribution in [3.05, 3.63) is 46.0 Å². The van der Waals surface area contributed by atoms with Crippen molar-refractivity contribution in [1.82, 2.24) is 0 Å². The van der Waals surface area contributed by atoms with Gasteiger partial charge in [-0.1, -0.05) is 11.6 Å². The lowest BCUT2D eigenvalue weighted by molar-refractivity contribution is 0.101. The van der Waals surface area contributed by atoms with Gasteiger partial charge in [-0.15, -0.1) is 0 Å². The summed E-state index contributed by atoms with van der Waals surface area (Å²) in [6.07, 6.45) is 0. The van der Waals surface area contributed by atoms with E-state index in [4.69, 9.17) is 18.2 Å². The van der Waals surface area contributed by atoms with Crippen molar-refractivity contribution >= 4 is 17.4 Å². The van der Waals surface area contributed by atoms with Crippen LogP contribution in [0.1, 0.15) is 10.4 Å². The molecule has 0 aliphatic heterocycles. The van der Waals surface area contributed by atoms with Gasteiger partial charge in [-0.05, 0) is 18.2 Å². The quantitative estimate of drug-likeness (QED) is 0.528. The Balaban J connectivity index is 3.07. The minimum atomic E-state index is -0.641. The van der Waals surface area contributed by atoms with Gasteiger partial charge in [0.25, 0.3) is 6.54 Å². The Morgan fingerprint density at radius 3 is 2.92 bits per heavy atom. The first-order valence-electron chi connectivity index (χ1n) is 3.46. The lowest BCUT2D eigenvalue weighted by Crippen LogP contribution is -2.04. The topological polar surface area (TPSA) is 21.4 Å². The van der Waals surface area contributed by atoms with Crippen molar-refractivity contribution < 1.29 is 9.18 Å². The lowest BCUT2D eigenvalue weighted by Gasteiger charge is -1.97. The molecule has 0 amide bonds. The van der Waals surface area contributed by atoms with E-state index in [1.165, 1.54) is 12.1 Å². The fraction of sp³-hybridized carbons (Fsp3) is 0.111. The Labute approximate surface area is 79.8 Å². The van der Waals surface area contributed by atoms with Crippen LogP contribution in [0.3, 0.4) is 0 Å². The van der Waals surface area contributed by atoms with Gasteiger partial charge in [0.2, 0.25) is 5.78 Å². The molecule has 0 bridgehead atoms. The monoisotopic (exact) mass is 197 g/mol. The molecule has 1 aromatic carbocycles. The van der Waals surface area contributed by atoms with Gasteiger partial charge in [0, 0.05) is 5.02 Å². The number of carbonyl (C=O) groups excluding carboxylic acids is 1. The minimum Gasteiger partial charge on any atom is -0.308 e. The highest BCUT2D eigenvalue weighted by Gasteiger charge is 2.13. The first-order valence-corrected chi connectivity index (χ1v) is 3.84. The second kappa shape index (κ2) is 4.01. The maximum absolute atomic E-state index is 13.0. The zero-order valence-corrected chi connectivity index (χ0v) is 7.31. The number of benzene rings is 1. The van der Waals surface area contributed by atoms with E-state index in [0.29, 0.717) is 0 Å². The van der Waals surface area contributed by atoms with Crippen LogP contribution in [0.4, 0.5) is 4.39 Å². The van der Waals surface area contributed by atoms with Crippen molar-refractivity contribution in [2.45, 2.75) is 0 Å². The molecule has 0 atom stereocenters. The largest absolute Gasteiger partial charge is 0.308 e. The molecule has 0 saturated heterocycles. The second-order valence-electron chi connectivity index (χ2n) is 2.36. The molecule has 0 radical (unpaired) electrons. The van der Waals surface area contributed by atoms with E-state index in [2.05, 4.69) is 4.85 Å². The van der Waals surface area contributed by atoms with E-state index >= 15 is 0 Å². The molecular formula is C9H5ClFNO. The van der Waals surface area contributed by atoms with Gasteiger partial charge in [0.05, 0.1) is 5.56 Å². The van der Waals surface area contributed by atoms with E-state index in [0.717, 1.165) is 6.07 Å². The van der Waals surface area contributed by atoms with E-state index in [1.54, 1.807) is 0 Å². The molecular weight excluding hydrogens is 193 g/mol. The number of Topliss-reactive ketones (excluding diaryl/α,β-unsaturated/α-hetero) is 1. The number of ketones is 1. The molecule has 66 valence electrons. The summed E-state index contributed by atoms with van der Waals surface area (Å²) < 4.78 is 13.0. The molecule has 0 spiro atoms. The Bertz CT molecular complexity index is 384. The Hall–Kier alpha value is -1.40. The summed E-state index contributed by atoms with van der Waals surface area (Å²) in [5, 5.41) is 0.287. The van der Waals surface area contributed by atoms with E-state index in [9.17, 15) is 9.18 Å². The standard InChI is InChI=1S/C9H5ClFNO/c1-12-5-9(13)7-4-6(10)2-3-8(7)11/h2-4H,5H2. The highest BCUT2D eigenvalue weighted by molar-refractivity contribution is 6.31. The van der Waals surface area contributed by atoms with Crippen LogP contribution in [-0.4, -0.2) is 12.3 Å². The zero-order valence-electron chi connectivity index (χ0n) is 6.55. The van der Waals surface area contributed by atoms with Gasteiger partial charge < -0.3 is 4.85 Å². The van der Waals surface area contributed by atoms with Gasteiger partial charge in [-0.3, -0.25) is 4.79 Å². The third-order valence-electron chi connectivity index (χ3n) is 1.45. The van der Waals surface area contributed by atoms with Gasteiger partial charge >= 0.3 is 0 Å². The smallest absolute Gasteiger partial charge is 0.276 e. The van der Waals surface area contributed by atoms with Crippen molar-refractivity contribution in [2.75, 3.05) is 6.54 Å². The summed E-state index contributed by atoms with van der Waals surface area (Å²) in [5.74, 6) is -1.19. The average molecular weight is 198 g/mol. The lowest BCUT2D eigenvalue weighted by atomic mass is 10.1. The predicted octanol–water partition coefficient (Wildman–Crippen LogP) is 2.58. The van der Waals surface area contributed by atoms with Crippen LogP contribution in [-0.2, 0) is 0 Å². The number of halogens is 2. The molecule has 0 heterocycles. The average Bonchev–Trinajstić information content (AvgIpc) is 2.09. The Kier molecular flexibility index (Phi) is 2.99. The third kappa shape index (κ3) is 2.27. The molecule has 13 heavy (non-hydrogen) atoms. The normalized spacial score (nSPS) is 9.31. The summed E-state index contributed by atoms with van der Waals surface area (Å²) >= 11 is 5.56. The number of hydrogen-bond acceptors (Lipinski definition) is 1. The van der Waals surface area contributed by atoms with E-state index < -0.39 is 11.6 Å². The Morgan fingerprint density at radius 2 is 2.31 bits per heavy atom. The molecule has 0 fully saturated rings. The van der Waals surface area contributed by atoms with Crippen molar-refractivity contribution in [3.63, 3.8) is 0 Å². The van der Waals surface area contributed by atoms with Crippen LogP contribution in [0.25, 0.3) is 4.85 Å². The summed E-state index contributed by atoms with van der Waals surface area (Å²) in [6.45, 7) is 6.11. The zero-order chi connectivity index (χ0) is 9.84. The first kappa shape index (κ1) is 9.69. The summed E-state index contributed by atoms with van der Waals surface area (Å²) in [7, 11) is 0. The first-order chi connectivity index (χ1) is 6.15. The Morgan fingerprint density at radius 1 is 1.62 bits per heavy atom. The summed E-state index contributed by atoms with van der Waals surface area (Å²) in [6, 6.07) is 3.69. The third-order valence-corrected chi connectivity index (χ3v) is 1.69. The molecule has 2 nitrogen and oxygen atoms in total. The number of hydrogen-bond donors (Lipinski definition) is 0. The van der Waals surface area contributed by atoms with Gasteiger partial charge in [0.15, 0.2) is 0 Å². The maximum Gasteiger partial charge on any atom is 0.276 e. The van der Waals surface area contributed by atoms with Gasteiger partial charge in [-0.2, -0.15) is 0 Å². The maximum atomic E-state index is 13.0. The van der Waals surface area contributed by atoms with Crippen molar-refractivity contribution in [1.29, 1.82) is 0 Å². The van der Waals surface area contributed by atoms with Crippen LogP contribution in [0.5, 0.6) is 0 Å². The van der Waals surface area contributed by atoms with Crippen LogP contribution in [0.15, 0.2) is 18.2 Å². The van der Waals surface area contributed by atoms with E-state index in [-0.39, 0.29) is 17.1 Å². The highest BCUT2D eigenvalue weighted by Crippen LogP contribution is 2.15. The van der Waals surface area contributed by atoms with Gasteiger partial charge in [-0.25, -0.2) is 11.0 Å². The molecule has 4 heteroatoms. The van der Waals surface area contributed by atoms with Crippen LogP contribution >= 0.6 is 11.6 Å². The molecule has 0 aromatic heterocycles. The number of rotatable bonds is 2. The second-order valence-corrected chi connectivity index (χ2v) is 2.80. The molecule has 0 unspecified atom stereocenters. The van der Waals surface area contributed by atoms with Crippen LogP contribution in [0.2, 0.25) is 5.02 Å². The highest BCUT2D eigenvalue weighted by atomic mass is 35.5. The molecule has 0 aliphatic rings. The van der Waals surface area contributed by atoms with Gasteiger partial charge in [0.1, 0.15) is 5.82 Å². The molecule has 0 aliphatic carbocycles. The molecule has 0 N–H and O–H groups in total. The number of carbonyl (C=O) groups is 1. The molecule has 0 saturated carbocycles. The summed E-state index contributed by atoms with van der Waals surface area (Å²) in [5.41, 5.74) is -0.122. The fourth-order valence-corrected chi connectivity index (χ4v) is 1.04. The number of nitrogens with zero attached hydrogens (tertiary/aromatic N) is 1. The summed E-state index contributed by atoms with van der Waals surface area (Å²) in [4.78, 5) is 14.0. The minimum absolute atomic E-state index is 0.122. The SMILES string of the molecule is [C-]#[N+]CC(=O)c1cc(Cl)ccc1F. The van der Waals surface area contributed by atoms with Crippen molar-refractivity contribution in [3.8, 4) is 0 Å². The van der Waals surface area contributed by atoms with Crippen molar-refractivity contribution in [2.24, 2.45) is 0 Å². The fourth-order valence-electron chi connectivity index (χ4n) is 0.868. The van der Waals surface area contributed by atoms with E-state index in [1.807, 2.05) is 0 Å². The molecule has 1 aromatic rings. The molecule has 1 rings (SSSR count). The van der Waals surface area contributed by atoms with Crippen LogP contribution in [0, 0.1) is 12.4 Å².